The molecule has 1 heteroatoms. The summed E-state index contributed by atoms with van der Waals surface area (Å²) in [5.74, 6) is 0.655. The summed E-state index contributed by atoms with van der Waals surface area (Å²) in [5, 5.41) is 0. The van der Waals surface area contributed by atoms with E-state index in [1.165, 1.54) is 21.8 Å². The minimum atomic E-state index is 0.655. The van der Waals surface area contributed by atoms with Crippen LogP contribution in [-0.2, 0) is 0 Å². The molecule has 1 aromatic rings. The van der Waals surface area contributed by atoms with Crippen LogP contribution in [0, 0.1) is 5.92 Å². The van der Waals surface area contributed by atoms with E-state index in [-0.39, 0.29) is 0 Å². The molecule has 0 radical (unpaired) electrons. The molecular formula is C13H17Li. The van der Waals surface area contributed by atoms with E-state index >= 15 is 0 Å². The molecule has 0 aliphatic carbocycles. The van der Waals surface area contributed by atoms with Crippen molar-refractivity contribution in [3.05, 3.63) is 40.1 Å². The van der Waals surface area contributed by atoms with Crippen LogP contribution in [0.4, 0.5) is 0 Å². The van der Waals surface area contributed by atoms with Crippen molar-refractivity contribution in [3.8, 4) is 0 Å². The summed E-state index contributed by atoms with van der Waals surface area (Å²) in [7, 11) is 0. The second-order valence-corrected chi connectivity index (χ2v) is 4.09. The first-order chi connectivity index (χ1) is 6.66. The van der Waals surface area contributed by atoms with E-state index in [2.05, 4.69) is 68.8 Å². The predicted molar refractivity (Wildman–Crippen MR) is 64.2 cm³/mol. The van der Waals surface area contributed by atoms with Gasteiger partial charge in [0.2, 0.25) is 0 Å². The van der Waals surface area contributed by atoms with Crippen LogP contribution in [0.5, 0.6) is 0 Å². The van der Waals surface area contributed by atoms with Gasteiger partial charge in [-0.3, -0.25) is 0 Å². The van der Waals surface area contributed by atoms with Crippen LogP contribution >= 0.6 is 0 Å². The van der Waals surface area contributed by atoms with Crippen molar-refractivity contribution in [1.82, 2.24) is 0 Å². The number of rotatable bonds is 3. The summed E-state index contributed by atoms with van der Waals surface area (Å²) in [6, 6.07) is 10.7. The molecule has 0 saturated heterocycles. The molecule has 1 atom stereocenters. The van der Waals surface area contributed by atoms with Crippen molar-refractivity contribution in [2.24, 2.45) is 5.92 Å². The van der Waals surface area contributed by atoms with Crippen LogP contribution < -0.4 is 0 Å². The third kappa shape index (κ3) is 2.77. The Morgan fingerprint density at radius 2 is 1.86 bits per heavy atom. The van der Waals surface area contributed by atoms with Crippen molar-refractivity contribution in [2.45, 2.75) is 27.2 Å². The zero-order valence-electron chi connectivity index (χ0n) is 9.67. The molecule has 70 valence electrons. The van der Waals surface area contributed by atoms with Crippen molar-refractivity contribution in [1.29, 1.82) is 0 Å². The number of benzene rings is 1. The zero-order chi connectivity index (χ0) is 10.6. The summed E-state index contributed by atoms with van der Waals surface area (Å²) in [4.78, 5) is 0. The molecule has 0 N–H and O–H groups in total. The van der Waals surface area contributed by atoms with Gasteiger partial charge in [0.1, 0.15) is 0 Å². The third-order valence-corrected chi connectivity index (χ3v) is 2.73. The Balaban J connectivity index is 3.09. The molecule has 0 bridgehead atoms. The Bertz CT molecular complexity index is 307. The van der Waals surface area contributed by atoms with Crippen LogP contribution in [0.1, 0.15) is 32.8 Å². The molecular weight excluding hydrogens is 163 g/mol. The fourth-order valence-corrected chi connectivity index (χ4v) is 1.89. The molecule has 1 unspecified atom stereocenters. The molecule has 0 aliphatic heterocycles. The maximum atomic E-state index is 2.30. The molecule has 1 rings (SSSR count). The molecule has 0 nitrogen and oxygen atoms in total. The van der Waals surface area contributed by atoms with Gasteiger partial charge in [-0.15, -0.1) is 0 Å². The van der Waals surface area contributed by atoms with Crippen molar-refractivity contribution >= 4 is 23.3 Å². The first-order valence-corrected chi connectivity index (χ1v) is 5.39. The molecule has 0 aliphatic rings. The van der Waals surface area contributed by atoms with Gasteiger partial charge in [-0.2, -0.15) is 0 Å². The van der Waals surface area contributed by atoms with Crippen molar-refractivity contribution in [2.75, 3.05) is 0 Å². The average Bonchev–Trinajstić information content (AvgIpc) is 2.19. The molecule has 0 fully saturated rings. The molecule has 0 spiro atoms. The fraction of sp³-hybridized carbons (Fsp3) is 0.385. The monoisotopic (exact) mass is 180 g/mol. The minimum absolute atomic E-state index is 0.655. The normalized spacial score (nSPS) is 14.9. The van der Waals surface area contributed by atoms with Gasteiger partial charge < -0.3 is 0 Å². The summed E-state index contributed by atoms with van der Waals surface area (Å²) >= 11 is 2.20. The van der Waals surface area contributed by atoms with E-state index in [1.54, 1.807) is 0 Å². The van der Waals surface area contributed by atoms with Crippen LogP contribution in [-0.4, -0.2) is 17.7 Å². The van der Waals surface area contributed by atoms with Gasteiger partial charge in [0, 0.05) is 0 Å². The van der Waals surface area contributed by atoms with E-state index in [9.17, 15) is 0 Å². The molecule has 0 saturated carbocycles. The molecule has 1 aromatic carbocycles. The predicted octanol–water partition coefficient (Wildman–Crippen LogP) is 3.63. The number of allylic oxidation sites excluding steroid dienone is 2. The second-order valence-electron chi connectivity index (χ2n) is 4.09. The Kier molecular flexibility index (Phi) is 4.52. The van der Waals surface area contributed by atoms with E-state index in [4.69, 9.17) is 0 Å². The molecule has 14 heavy (non-hydrogen) atoms. The van der Waals surface area contributed by atoms with Crippen molar-refractivity contribution < 1.29 is 0 Å². The summed E-state index contributed by atoms with van der Waals surface area (Å²) < 4.78 is 1.44. The van der Waals surface area contributed by atoms with E-state index in [0.717, 1.165) is 0 Å². The summed E-state index contributed by atoms with van der Waals surface area (Å²) in [5.41, 5.74) is 2.88. The van der Waals surface area contributed by atoms with Gasteiger partial charge in [-0.05, 0) is 0 Å². The number of hydrogen-bond donors (Lipinski definition) is 0. The van der Waals surface area contributed by atoms with Gasteiger partial charge in [-0.1, -0.05) is 0 Å². The van der Waals surface area contributed by atoms with Crippen LogP contribution in [0.3, 0.4) is 0 Å². The Morgan fingerprint density at radius 1 is 1.29 bits per heavy atom. The van der Waals surface area contributed by atoms with E-state index in [0.29, 0.717) is 5.92 Å². The SMILES string of the molecule is [Li][C](C)=C(c1ccccc1)C(C)CC. The second kappa shape index (κ2) is 5.44. The van der Waals surface area contributed by atoms with Crippen LogP contribution in [0.25, 0.3) is 5.57 Å². The molecule has 0 amide bonds. The zero-order valence-corrected chi connectivity index (χ0v) is 9.67. The van der Waals surface area contributed by atoms with Crippen LogP contribution in [0.2, 0.25) is 0 Å². The summed E-state index contributed by atoms with van der Waals surface area (Å²) in [6.45, 7) is 6.75. The Labute approximate surface area is 96.6 Å². The number of hydrogen-bond acceptors (Lipinski definition) is 0. The third-order valence-electron chi connectivity index (χ3n) is 2.73. The Hall–Kier alpha value is -0.443. The maximum absolute atomic E-state index is 2.30. The van der Waals surface area contributed by atoms with Crippen LogP contribution in [0.15, 0.2) is 34.6 Å². The standard InChI is InChI=1S/C13H17.Li/c1-4-11(3)13(5-2)12-9-7-6-8-10-12;/h6-11H,4H2,1-3H3;. The van der Waals surface area contributed by atoms with Gasteiger partial charge in [-0.25, -0.2) is 0 Å². The van der Waals surface area contributed by atoms with Gasteiger partial charge in [0.25, 0.3) is 0 Å². The first-order valence-electron chi connectivity index (χ1n) is 5.39. The Morgan fingerprint density at radius 3 is 2.29 bits per heavy atom. The molecule has 0 heterocycles. The van der Waals surface area contributed by atoms with Crippen molar-refractivity contribution in [3.63, 3.8) is 0 Å². The first kappa shape index (κ1) is 11.6. The van der Waals surface area contributed by atoms with E-state index in [1.807, 2.05) is 0 Å². The summed E-state index contributed by atoms with van der Waals surface area (Å²) in [6.07, 6.45) is 1.20. The fourth-order valence-electron chi connectivity index (χ4n) is 1.89. The topological polar surface area (TPSA) is 0 Å². The van der Waals surface area contributed by atoms with Gasteiger partial charge >= 0.3 is 96.5 Å². The quantitative estimate of drug-likeness (QED) is 0.623. The van der Waals surface area contributed by atoms with E-state index < -0.39 is 0 Å². The average molecular weight is 180 g/mol. The van der Waals surface area contributed by atoms with Gasteiger partial charge in [0.05, 0.1) is 0 Å². The molecule has 0 aromatic heterocycles. The van der Waals surface area contributed by atoms with Gasteiger partial charge in [0.15, 0.2) is 0 Å².